The molecule has 1 aliphatic rings. The van der Waals surface area contributed by atoms with E-state index in [9.17, 15) is 0 Å². The Morgan fingerprint density at radius 3 is 2.54 bits per heavy atom. The molecule has 5 nitrogen and oxygen atoms in total. The van der Waals surface area contributed by atoms with Gasteiger partial charge in [0.25, 0.3) is 0 Å². The highest BCUT2D eigenvalue weighted by molar-refractivity contribution is 14.0. The number of guanidine groups is 1. The fraction of sp³-hybridized carbons (Fsp3) is 0.667. The summed E-state index contributed by atoms with van der Waals surface area (Å²) in [6, 6.07) is 4.49. The number of aromatic nitrogens is 1. The SMILES string of the molecule is CN=C(NCc1ccc(OC(C)C)nc1)NC1CCC(C)CC1.I. The largest absolute Gasteiger partial charge is 0.475 e. The van der Waals surface area contributed by atoms with Gasteiger partial charge < -0.3 is 15.4 Å². The molecule has 1 aliphatic carbocycles. The minimum Gasteiger partial charge on any atom is -0.475 e. The number of nitrogens with zero attached hydrogens (tertiary/aromatic N) is 2. The Kier molecular flexibility index (Phi) is 9.39. The monoisotopic (exact) mass is 446 g/mol. The number of aliphatic imine (C=N–C) groups is 1. The Balaban J connectivity index is 0.00000288. The van der Waals surface area contributed by atoms with Crippen LogP contribution in [0.2, 0.25) is 0 Å². The number of hydrogen-bond acceptors (Lipinski definition) is 3. The Hall–Kier alpha value is -1.05. The van der Waals surface area contributed by atoms with Crippen LogP contribution >= 0.6 is 24.0 Å². The highest BCUT2D eigenvalue weighted by atomic mass is 127. The maximum absolute atomic E-state index is 5.56. The van der Waals surface area contributed by atoms with E-state index in [-0.39, 0.29) is 30.1 Å². The van der Waals surface area contributed by atoms with Crippen molar-refractivity contribution in [2.75, 3.05) is 7.05 Å². The third-order valence-electron chi connectivity index (χ3n) is 4.19. The third-order valence-corrected chi connectivity index (χ3v) is 4.19. The molecule has 0 spiro atoms. The van der Waals surface area contributed by atoms with E-state index in [0.29, 0.717) is 18.5 Å². The molecule has 2 N–H and O–H groups in total. The van der Waals surface area contributed by atoms with E-state index in [4.69, 9.17) is 4.74 Å². The summed E-state index contributed by atoms with van der Waals surface area (Å²) in [4.78, 5) is 8.65. The van der Waals surface area contributed by atoms with E-state index in [0.717, 1.165) is 17.4 Å². The van der Waals surface area contributed by atoms with Crippen LogP contribution in [0.3, 0.4) is 0 Å². The van der Waals surface area contributed by atoms with E-state index in [1.807, 2.05) is 39.2 Å². The van der Waals surface area contributed by atoms with Crippen LogP contribution in [0.4, 0.5) is 0 Å². The molecule has 1 saturated carbocycles. The van der Waals surface area contributed by atoms with Crippen LogP contribution < -0.4 is 15.4 Å². The predicted molar refractivity (Wildman–Crippen MR) is 110 cm³/mol. The summed E-state index contributed by atoms with van der Waals surface area (Å²) in [5.74, 6) is 2.40. The van der Waals surface area contributed by atoms with Gasteiger partial charge in [-0.2, -0.15) is 0 Å². The van der Waals surface area contributed by atoms with Crippen LogP contribution in [0.15, 0.2) is 23.3 Å². The summed E-state index contributed by atoms with van der Waals surface area (Å²) in [6.45, 7) is 7.04. The summed E-state index contributed by atoms with van der Waals surface area (Å²) in [7, 11) is 1.82. The van der Waals surface area contributed by atoms with Gasteiger partial charge in [-0.15, -0.1) is 24.0 Å². The maximum Gasteiger partial charge on any atom is 0.213 e. The van der Waals surface area contributed by atoms with Crippen molar-refractivity contribution in [2.45, 2.75) is 65.1 Å². The lowest BCUT2D eigenvalue weighted by atomic mass is 9.87. The van der Waals surface area contributed by atoms with Gasteiger partial charge in [-0.25, -0.2) is 4.98 Å². The first kappa shape index (κ1) is 21.0. The standard InChI is InChI=1S/C18H30N4O.HI/c1-13(2)23-17-10-7-15(11-20-17)12-21-18(19-4)22-16-8-5-14(3)6-9-16;/h7,10-11,13-14,16H,5-6,8-9,12H2,1-4H3,(H2,19,21,22);1H. The van der Waals surface area contributed by atoms with E-state index >= 15 is 0 Å². The highest BCUT2D eigenvalue weighted by Gasteiger charge is 2.18. The predicted octanol–water partition coefficient (Wildman–Crippen LogP) is 3.73. The zero-order valence-electron chi connectivity index (χ0n) is 15.2. The number of rotatable bonds is 5. The first-order valence-electron chi connectivity index (χ1n) is 8.65. The van der Waals surface area contributed by atoms with Crippen LogP contribution in [-0.4, -0.2) is 30.1 Å². The van der Waals surface area contributed by atoms with Crippen LogP contribution in [0, 0.1) is 5.92 Å². The average Bonchev–Trinajstić information content (AvgIpc) is 2.54. The molecular formula is C18H31IN4O. The second-order valence-corrected chi connectivity index (χ2v) is 6.70. The van der Waals surface area contributed by atoms with E-state index < -0.39 is 0 Å². The molecule has 0 amide bonds. The molecule has 0 radical (unpaired) electrons. The van der Waals surface area contributed by atoms with Crippen molar-refractivity contribution in [3.8, 4) is 5.88 Å². The molecule has 0 atom stereocenters. The maximum atomic E-state index is 5.56. The summed E-state index contributed by atoms with van der Waals surface area (Å²) in [6.07, 6.45) is 7.05. The van der Waals surface area contributed by atoms with Crippen LogP contribution in [0.5, 0.6) is 5.88 Å². The fourth-order valence-corrected chi connectivity index (χ4v) is 2.80. The average molecular weight is 446 g/mol. The Morgan fingerprint density at radius 2 is 2.00 bits per heavy atom. The van der Waals surface area contributed by atoms with Gasteiger partial charge in [-0.05, 0) is 51.0 Å². The van der Waals surface area contributed by atoms with Gasteiger partial charge in [0.05, 0.1) is 6.10 Å². The Bertz CT molecular complexity index is 496. The number of nitrogens with one attached hydrogen (secondary N) is 2. The minimum absolute atomic E-state index is 0. The molecule has 136 valence electrons. The molecule has 1 fully saturated rings. The van der Waals surface area contributed by atoms with Crippen molar-refractivity contribution in [1.82, 2.24) is 15.6 Å². The lowest BCUT2D eigenvalue weighted by Gasteiger charge is -2.28. The molecule has 0 saturated heterocycles. The lowest BCUT2D eigenvalue weighted by Crippen LogP contribution is -2.44. The van der Waals surface area contributed by atoms with Gasteiger partial charge in [0.1, 0.15) is 0 Å². The molecule has 0 aliphatic heterocycles. The van der Waals surface area contributed by atoms with Crippen molar-refractivity contribution < 1.29 is 4.74 Å². The number of hydrogen-bond donors (Lipinski definition) is 2. The molecule has 24 heavy (non-hydrogen) atoms. The molecule has 0 aromatic carbocycles. The van der Waals surface area contributed by atoms with Gasteiger partial charge in [-0.1, -0.05) is 13.0 Å². The molecule has 6 heteroatoms. The van der Waals surface area contributed by atoms with Crippen molar-refractivity contribution in [1.29, 1.82) is 0 Å². The topological polar surface area (TPSA) is 58.5 Å². The van der Waals surface area contributed by atoms with Gasteiger partial charge >= 0.3 is 0 Å². The highest BCUT2D eigenvalue weighted by Crippen LogP contribution is 2.23. The molecule has 0 bridgehead atoms. The van der Waals surface area contributed by atoms with Crippen LogP contribution in [0.25, 0.3) is 0 Å². The van der Waals surface area contributed by atoms with Crippen LogP contribution in [-0.2, 0) is 6.54 Å². The van der Waals surface area contributed by atoms with Crippen molar-refractivity contribution in [2.24, 2.45) is 10.9 Å². The third kappa shape index (κ3) is 7.23. The van der Waals surface area contributed by atoms with E-state index in [1.54, 1.807) is 0 Å². The first-order chi connectivity index (χ1) is 11.1. The fourth-order valence-electron chi connectivity index (χ4n) is 2.80. The number of ether oxygens (including phenoxy) is 1. The van der Waals surface area contributed by atoms with Crippen molar-refractivity contribution in [3.05, 3.63) is 23.9 Å². The second-order valence-electron chi connectivity index (χ2n) is 6.70. The van der Waals surface area contributed by atoms with Crippen molar-refractivity contribution in [3.63, 3.8) is 0 Å². The van der Waals surface area contributed by atoms with Gasteiger partial charge in [0.15, 0.2) is 5.96 Å². The summed E-state index contributed by atoms with van der Waals surface area (Å²) >= 11 is 0. The smallest absolute Gasteiger partial charge is 0.213 e. The number of pyridine rings is 1. The molecule has 1 aromatic rings. The lowest BCUT2D eigenvalue weighted by molar-refractivity contribution is 0.232. The zero-order chi connectivity index (χ0) is 16.7. The van der Waals surface area contributed by atoms with Gasteiger partial charge in [-0.3, -0.25) is 4.99 Å². The van der Waals surface area contributed by atoms with E-state index in [1.165, 1.54) is 25.7 Å². The quantitative estimate of drug-likeness (QED) is 0.411. The van der Waals surface area contributed by atoms with E-state index in [2.05, 4.69) is 27.5 Å². The molecule has 2 rings (SSSR count). The van der Waals surface area contributed by atoms with Crippen molar-refractivity contribution >= 4 is 29.9 Å². The second kappa shape index (κ2) is 10.7. The molecule has 0 unspecified atom stereocenters. The number of halogens is 1. The summed E-state index contributed by atoms with van der Waals surface area (Å²) < 4.78 is 5.56. The first-order valence-corrected chi connectivity index (χ1v) is 8.65. The Labute approximate surface area is 163 Å². The van der Waals surface area contributed by atoms with Gasteiger partial charge in [0, 0.05) is 31.9 Å². The van der Waals surface area contributed by atoms with Gasteiger partial charge in [0.2, 0.25) is 5.88 Å². The molecular weight excluding hydrogens is 415 g/mol. The summed E-state index contributed by atoms with van der Waals surface area (Å²) in [5.41, 5.74) is 1.11. The summed E-state index contributed by atoms with van der Waals surface area (Å²) in [5, 5.41) is 6.89. The molecule has 1 heterocycles. The normalized spacial score (nSPS) is 21.1. The Morgan fingerprint density at radius 1 is 1.29 bits per heavy atom. The minimum atomic E-state index is 0. The van der Waals surface area contributed by atoms with Crippen LogP contribution in [0.1, 0.15) is 52.0 Å². The molecule has 1 aromatic heterocycles. The zero-order valence-corrected chi connectivity index (χ0v) is 17.5.